The number of hydrogen-bond acceptors (Lipinski definition) is 8. The number of carbonyl (C=O) groups excluding carboxylic acids is 4. The lowest BCUT2D eigenvalue weighted by molar-refractivity contribution is -0.142. The quantitative estimate of drug-likeness (QED) is 0.134. The van der Waals surface area contributed by atoms with E-state index in [1.54, 1.807) is 20.8 Å². The van der Waals surface area contributed by atoms with E-state index >= 15 is 0 Å². The fourth-order valence-electron chi connectivity index (χ4n) is 3.50. The normalized spacial score (nSPS) is 15.7. The summed E-state index contributed by atoms with van der Waals surface area (Å²) >= 11 is 0. The first-order valence-electron chi connectivity index (χ1n) is 12.8. The van der Waals surface area contributed by atoms with Crippen molar-refractivity contribution in [2.75, 3.05) is 6.61 Å². The predicted molar refractivity (Wildman–Crippen MR) is 142 cm³/mol. The zero-order valence-electron chi connectivity index (χ0n) is 22.9. The van der Waals surface area contributed by atoms with E-state index < -0.39 is 72.3 Å². The summed E-state index contributed by atoms with van der Waals surface area (Å²) in [5, 5.41) is 38.4. The molecule has 0 bridgehead atoms. The molecule has 0 radical (unpaired) electrons. The third-order valence-electron chi connectivity index (χ3n) is 6.37. The Balaban J connectivity index is 2.85. The van der Waals surface area contributed by atoms with Crippen molar-refractivity contribution in [3.63, 3.8) is 0 Å². The lowest BCUT2D eigenvalue weighted by atomic mass is 9.99. The first-order valence-corrected chi connectivity index (χ1v) is 12.8. The molecule has 1 aromatic rings. The average molecular weight is 552 g/mol. The maximum atomic E-state index is 12.9. The fourth-order valence-corrected chi connectivity index (χ4v) is 3.50. The van der Waals surface area contributed by atoms with Crippen LogP contribution >= 0.6 is 0 Å². The van der Waals surface area contributed by atoms with E-state index in [1.165, 1.54) is 31.2 Å². The topological polar surface area (TPSA) is 220 Å². The summed E-state index contributed by atoms with van der Waals surface area (Å²) in [5.41, 5.74) is 6.43. The van der Waals surface area contributed by atoms with Crippen molar-refractivity contribution < 1.29 is 39.3 Å². The minimum atomic E-state index is -1.44. The molecule has 13 heteroatoms. The molecule has 4 amide bonds. The van der Waals surface area contributed by atoms with E-state index in [-0.39, 0.29) is 18.1 Å². The number of aliphatic hydroxyl groups is 1. The van der Waals surface area contributed by atoms with Crippen LogP contribution in [0.15, 0.2) is 24.3 Å². The van der Waals surface area contributed by atoms with Gasteiger partial charge >= 0.3 is 5.97 Å². The van der Waals surface area contributed by atoms with Crippen molar-refractivity contribution in [2.45, 2.75) is 77.7 Å². The average Bonchev–Trinajstić information content (AvgIpc) is 2.89. The van der Waals surface area contributed by atoms with Crippen LogP contribution in [-0.4, -0.2) is 81.7 Å². The molecule has 0 aromatic heterocycles. The van der Waals surface area contributed by atoms with Crippen LogP contribution < -0.4 is 27.0 Å². The molecule has 0 aliphatic heterocycles. The number of aliphatic carboxylic acids is 1. The van der Waals surface area contributed by atoms with Gasteiger partial charge in [0.2, 0.25) is 23.6 Å². The Hall–Kier alpha value is -3.71. The molecule has 0 saturated heterocycles. The second kappa shape index (κ2) is 15.6. The molecule has 39 heavy (non-hydrogen) atoms. The molecule has 9 N–H and O–H groups in total. The number of phenols is 1. The van der Waals surface area contributed by atoms with Gasteiger partial charge in [-0.3, -0.25) is 19.2 Å². The number of aromatic hydroxyl groups is 1. The van der Waals surface area contributed by atoms with Crippen molar-refractivity contribution in [2.24, 2.45) is 17.6 Å². The smallest absolute Gasteiger partial charge is 0.326 e. The van der Waals surface area contributed by atoms with Crippen LogP contribution in [-0.2, 0) is 30.4 Å². The second-order valence-electron chi connectivity index (χ2n) is 9.89. The van der Waals surface area contributed by atoms with E-state index in [2.05, 4.69) is 21.3 Å². The highest BCUT2D eigenvalue weighted by molar-refractivity contribution is 5.95. The van der Waals surface area contributed by atoms with E-state index in [9.17, 15) is 39.3 Å². The van der Waals surface area contributed by atoms with Gasteiger partial charge in [0.1, 0.15) is 29.9 Å². The number of carboxylic acid groups (broad SMARTS) is 1. The van der Waals surface area contributed by atoms with Gasteiger partial charge in [-0.05, 0) is 36.5 Å². The van der Waals surface area contributed by atoms with Crippen LogP contribution in [0.5, 0.6) is 5.75 Å². The molecule has 13 nitrogen and oxygen atoms in total. The van der Waals surface area contributed by atoms with Gasteiger partial charge < -0.3 is 42.3 Å². The highest BCUT2D eigenvalue weighted by atomic mass is 16.4. The number of carboxylic acids is 1. The summed E-state index contributed by atoms with van der Waals surface area (Å²) in [5.74, 6) is -4.81. The first-order chi connectivity index (χ1) is 18.2. The molecule has 0 unspecified atom stereocenters. The zero-order chi connectivity index (χ0) is 29.9. The third kappa shape index (κ3) is 10.5. The van der Waals surface area contributed by atoms with Crippen LogP contribution in [0.4, 0.5) is 0 Å². The third-order valence-corrected chi connectivity index (χ3v) is 6.37. The van der Waals surface area contributed by atoms with Crippen molar-refractivity contribution in [1.82, 2.24) is 21.3 Å². The lowest BCUT2D eigenvalue weighted by Crippen LogP contribution is -2.60. The van der Waals surface area contributed by atoms with E-state index in [0.717, 1.165) is 0 Å². The molecule has 0 fully saturated rings. The van der Waals surface area contributed by atoms with Gasteiger partial charge in [-0.15, -0.1) is 0 Å². The van der Waals surface area contributed by atoms with Crippen LogP contribution in [0.1, 0.15) is 46.6 Å². The monoisotopic (exact) mass is 551 g/mol. The zero-order valence-corrected chi connectivity index (χ0v) is 22.9. The highest BCUT2D eigenvalue weighted by Gasteiger charge is 2.32. The maximum absolute atomic E-state index is 12.9. The molecule has 0 saturated carbocycles. The minimum absolute atomic E-state index is 0.00853. The largest absolute Gasteiger partial charge is 0.508 e. The Morgan fingerprint density at radius 2 is 1.38 bits per heavy atom. The molecule has 0 heterocycles. The number of nitrogens with two attached hydrogens (primary N) is 1. The molecule has 218 valence electrons. The highest BCUT2D eigenvalue weighted by Crippen LogP contribution is 2.12. The number of nitrogens with one attached hydrogen (secondary N) is 4. The number of carbonyl (C=O) groups is 5. The first kappa shape index (κ1) is 33.3. The molecule has 1 rings (SSSR count). The number of benzene rings is 1. The van der Waals surface area contributed by atoms with Crippen molar-refractivity contribution in [3.05, 3.63) is 29.8 Å². The van der Waals surface area contributed by atoms with Crippen LogP contribution in [0.3, 0.4) is 0 Å². The fraction of sp³-hybridized carbons (Fsp3) is 0.577. The van der Waals surface area contributed by atoms with Crippen molar-refractivity contribution >= 4 is 29.6 Å². The number of aliphatic hydroxyl groups excluding tert-OH is 1. The lowest BCUT2D eigenvalue weighted by Gasteiger charge is -2.27. The Morgan fingerprint density at radius 3 is 1.87 bits per heavy atom. The summed E-state index contributed by atoms with van der Waals surface area (Å²) < 4.78 is 0. The van der Waals surface area contributed by atoms with Gasteiger partial charge in [-0.1, -0.05) is 46.2 Å². The van der Waals surface area contributed by atoms with Gasteiger partial charge in [0.25, 0.3) is 0 Å². The SMILES string of the molecule is CC[C@H](C)[C@H](N)C(=O)N[C@@H](C)C(=O)N[C@@H](CO)C(=O)N[C@H](C(=O)N[C@@H](Cc1ccc(O)cc1)C(=O)O)C(C)C. The maximum Gasteiger partial charge on any atom is 0.326 e. The van der Waals surface area contributed by atoms with Crippen molar-refractivity contribution in [3.8, 4) is 5.75 Å². The number of amides is 4. The molecular formula is C26H41N5O8. The van der Waals surface area contributed by atoms with E-state index in [0.29, 0.717) is 12.0 Å². The Labute approximate surface area is 227 Å². The summed E-state index contributed by atoms with van der Waals surface area (Å²) in [4.78, 5) is 62.4. The molecule has 0 spiro atoms. The summed E-state index contributed by atoms with van der Waals surface area (Å²) in [6, 6.07) is -0.00108. The molecule has 6 atom stereocenters. The Bertz CT molecular complexity index is 1000. The number of rotatable bonds is 15. The Kier molecular flexibility index (Phi) is 13.4. The summed E-state index contributed by atoms with van der Waals surface area (Å²) in [6.07, 6.45) is 0.594. The second-order valence-corrected chi connectivity index (χ2v) is 9.89. The van der Waals surface area contributed by atoms with Crippen LogP contribution in [0, 0.1) is 11.8 Å². The predicted octanol–water partition coefficient (Wildman–Crippen LogP) is -1.000. The van der Waals surface area contributed by atoms with Gasteiger partial charge in [-0.25, -0.2) is 4.79 Å². The molecule has 0 aliphatic carbocycles. The summed E-state index contributed by atoms with van der Waals surface area (Å²) in [7, 11) is 0. The molecule has 1 aromatic carbocycles. The van der Waals surface area contributed by atoms with E-state index in [4.69, 9.17) is 5.73 Å². The Morgan fingerprint density at radius 1 is 0.821 bits per heavy atom. The summed E-state index contributed by atoms with van der Waals surface area (Å²) in [6.45, 7) is 7.54. The molecular weight excluding hydrogens is 510 g/mol. The van der Waals surface area contributed by atoms with Crippen LogP contribution in [0.25, 0.3) is 0 Å². The standard InChI is InChI=1S/C26H41N5O8/c1-6-14(4)20(27)24(36)28-15(5)22(34)30-19(12-32)23(35)31-21(13(2)3)25(37)29-18(26(38)39)11-16-7-9-17(33)10-8-16/h7-10,13-15,18-21,32-33H,6,11-12,27H2,1-5H3,(H,28,36)(H,29,37)(H,30,34)(H,31,35)(H,38,39)/t14-,15-,18-,19-,20-,21-/m0/s1. The van der Waals surface area contributed by atoms with Gasteiger partial charge in [0.05, 0.1) is 12.6 Å². The minimum Gasteiger partial charge on any atom is -0.508 e. The van der Waals surface area contributed by atoms with Gasteiger partial charge in [0.15, 0.2) is 0 Å². The van der Waals surface area contributed by atoms with Gasteiger partial charge in [-0.2, -0.15) is 0 Å². The van der Waals surface area contributed by atoms with Crippen LogP contribution in [0.2, 0.25) is 0 Å². The van der Waals surface area contributed by atoms with Crippen molar-refractivity contribution in [1.29, 1.82) is 0 Å². The van der Waals surface area contributed by atoms with Gasteiger partial charge in [0, 0.05) is 6.42 Å². The number of hydrogen-bond donors (Lipinski definition) is 8. The number of phenolic OH excluding ortho intramolecular Hbond substituents is 1. The molecule has 0 aliphatic rings. The van der Waals surface area contributed by atoms with E-state index in [1.807, 2.05) is 6.92 Å².